The minimum Gasteiger partial charge on any atom is -0.312 e. The van der Waals surface area contributed by atoms with Crippen LogP contribution in [0.5, 0.6) is 0 Å². The molecule has 1 aliphatic heterocycles. The third-order valence-electron chi connectivity index (χ3n) is 4.05. The van der Waals surface area contributed by atoms with E-state index in [0.29, 0.717) is 6.04 Å². The third-order valence-corrected chi connectivity index (χ3v) is 4.05. The number of hydrogen-bond donors (Lipinski definition) is 1. The lowest BCUT2D eigenvalue weighted by Gasteiger charge is -2.43. The fraction of sp³-hybridized carbons (Fsp3) is 0.867. The van der Waals surface area contributed by atoms with Gasteiger partial charge in [0, 0.05) is 44.3 Å². The van der Waals surface area contributed by atoms with Crippen LogP contribution >= 0.6 is 0 Å². The van der Waals surface area contributed by atoms with E-state index in [-0.39, 0.29) is 5.54 Å². The van der Waals surface area contributed by atoms with Crippen LogP contribution in [0.4, 0.5) is 0 Å². The number of nitrogens with zero attached hydrogens (tertiary/aromatic N) is 2. The Balaban J connectivity index is 2.32. The van der Waals surface area contributed by atoms with Gasteiger partial charge in [0.1, 0.15) is 0 Å². The molecule has 18 heavy (non-hydrogen) atoms. The maximum Gasteiger partial charge on any atom is 0.0278 e. The Morgan fingerprint density at radius 1 is 1.28 bits per heavy atom. The monoisotopic (exact) mass is 253 g/mol. The van der Waals surface area contributed by atoms with Crippen LogP contribution < -0.4 is 5.32 Å². The van der Waals surface area contributed by atoms with E-state index in [4.69, 9.17) is 0 Å². The van der Waals surface area contributed by atoms with Gasteiger partial charge in [0.25, 0.3) is 0 Å². The summed E-state index contributed by atoms with van der Waals surface area (Å²) in [6.45, 7) is 16.6. The molecule has 1 fully saturated rings. The molecule has 1 unspecified atom stereocenters. The molecular weight excluding hydrogens is 222 g/mol. The molecule has 1 N–H and O–H groups in total. The van der Waals surface area contributed by atoms with Crippen molar-refractivity contribution < 1.29 is 0 Å². The lowest BCUT2D eigenvalue weighted by atomic mass is 10.0. The van der Waals surface area contributed by atoms with Gasteiger partial charge in [-0.2, -0.15) is 0 Å². The van der Waals surface area contributed by atoms with Crippen LogP contribution in [0.25, 0.3) is 0 Å². The minimum atomic E-state index is 0.254. The molecule has 0 aliphatic carbocycles. The van der Waals surface area contributed by atoms with Crippen LogP contribution in [-0.4, -0.2) is 61.2 Å². The highest BCUT2D eigenvalue weighted by Crippen LogP contribution is 2.16. The maximum absolute atomic E-state index is 3.78. The molecule has 1 aliphatic rings. The van der Waals surface area contributed by atoms with E-state index < -0.39 is 0 Å². The minimum absolute atomic E-state index is 0.254. The number of hydrogen-bond acceptors (Lipinski definition) is 3. The van der Waals surface area contributed by atoms with Crippen LogP contribution in [0.3, 0.4) is 0 Å². The number of likely N-dealkylation sites (N-methyl/N-ethyl adjacent to an activating group) is 1. The molecule has 1 saturated heterocycles. The van der Waals surface area contributed by atoms with Gasteiger partial charge < -0.3 is 10.2 Å². The first-order valence-electron chi connectivity index (χ1n) is 7.23. The summed E-state index contributed by atoms with van der Waals surface area (Å²) in [6, 6.07) is 0.578. The van der Waals surface area contributed by atoms with Crippen molar-refractivity contribution in [2.24, 2.45) is 0 Å². The van der Waals surface area contributed by atoms with Crippen LogP contribution in [-0.2, 0) is 0 Å². The van der Waals surface area contributed by atoms with E-state index in [2.05, 4.69) is 49.5 Å². The van der Waals surface area contributed by atoms with Gasteiger partial charge in [-0.3, -0.25) is 4.90 Å². The van der Waals surface area contributed by atoms with Gasteiger partial charge in [-0.05, 0) is 40.7 Å². The average Bonchev–Trinajstić information content (AvgIpc) is 2.34. The molecule has 0 aromatic rings. The maximum atomic E-state index is 3.78. The molecule has 0 aromatic heterocycles. The fourth-order valence-corrected chi connectivity index (χ4v) is 2.42. The Hall–Kier alpha value is -0.380. The van der Waals surface area contributed by atoms with E-state index in [1.807, 2.05) is 6.08 Å². The van der Waals surface area contributed by atoms with Crippen molar-refractivity contribution in [2.75, 3.05) is 39.8 Å². The first-order valence-corrected chi connectivity index (χ1v) is 7.23. The fourth-order valence-electron chi connectivity index (χ4n) is 2.42. The van der Waals surface area contributed by atoms with Gasteiger partial charge in [-0.25, -0.2) is 0 Å². The zero-order valence-corrected chi connectivity index (χ0v) is 12.7. The lowest BCUT2D eigenvalue weighted by molar-refractivity contribution is 0.0603. The Bertz CT molecular complexity index is 242. The van der Waals surface area contributed by atoms with E-state index in [1.54, 1.807) is 0 Å². The molecule has 0 saturated carbocycles. The summed E-state index contributed by atoms with van der Waals surface area (Å²) >= 11 is 0. The van der Waals surface area contributed by atoms with E-state index in [9.17, 15) is 0 Å². The van der Waals surface area contributed by atoms with Gasteiger partial charge in [0.2, 0.25) is 0 Å². The van der Waals surface area contributed by atoms with Crippen LogP contribution in [0.15, 0.2) is 12.7 Å². The smallest absolute Gasteiger partial charge is 0.0278 e. The zero-order chi connectivity index (χ0) is 13.6. The number of piperazine rings is 1. The van der Waals surface area contributed by atoms with Crippen molar-refractivity contribution in [3.8, 4) is 0 Å². The number of allylic oxidation sites excluding steroid dienone is 1. The second kappa shape index (κ2) is 7.27. The standard InChI is InChI=1S/C15H31N3/c1-6-7-8-14(2)16-13-15(3,4)18-11-9-17(5)10-12-18/h6,14,16H,1,7-13H2,2-5H3. The molecule has 0 spiro atoms. The van der Waals surface area contributed by atoms with Crippen molar-refractivity contribution in [1.29, 1.82) is 0 Å². The van der Waals surface area contributed by atoms with Crippen molar-refractivity contribution in [3.05, 3.63) is 12.7 Å². The molecular formula is C15H31N3. The molecule has 3 heteroatoms. The second-order valence-electron chi connectivity index (χ2n) is 6.25. The quantitative estimate of drug-likeness (QED) is 0.700. The third kappa shape index (κ3) is 5.09. The normalized spacial score (nSPS) is 20.9. The van der Waals surface area contributed by atoms with Crippen molar-refractivity contribution >= 4 is 0 Å². The Labute approximate surface area is 113 Å². The molecule has 1 rings (SSSR count). The predicted molar refractivity (Wildman–Crippen MR) is 80.0 cm³/mol. The largest absolute Gasteiger partial charge is 0.312 e. The summed E-state index contributed by atoms with van der Waals surface area (Å²) in [6.07, 6.45) is 4.29. The predicted octanol–water partition coefficient (Wildman–Crippen LogP) is 1.96. The van der Waals surface area contributed by atoms with Crippen LogP contribution in [0.1, 0.15) is 33.6 Å². The highest BCUT2D eigenvalue weighted by atomic mass is 15.3. The van der Waals surface area contributed by atoms with Gasteiger partial charge in [0.05, 0.1) is 0 Å². The molecule has 0 radical (unpaired) electrons. The highest BCUT2D eigenvalue weighted by molar-refractivity contribution is 4.88. The van der Waals surface area contributed by atoms with E-state index >= 15 is 0 Å². The summed E-state index contributed by atoms with van der Waals surface area (Å²) in [5.74, 6) is 0. The van der Waals surface area contributed by atoms with Crippen molar-refractivity contribution in [2.45, 2.75) is 45.2 Å². The molecule has 1 atom stereocenters. The Kier molecular flexibility index (Phi) is 6.33. The van der Waals surface area contributed by atoms with Gasteiger partial charge in [-0.15, -0.1) is 6.58 Å². The van der Waals surface area contributed by atoms with E-state index in [1.165, 1.54) is 32.6 Å². The van der Waals surface area contributed by atoms with Gasteiger partial charge >= 0.3 is 0 Å². The summed E-state index contributed by atoms with van der Waals surface area (Å²) in [7, 11) is 2.21. The first kappa shape index (κ1) is 15.7. The number of rotatable bonds is 7. The molecule has 0 bridgehead atoms. The first-order chi connectivity index (χ1) is 8.45. The van der Waals surface area contributed by atoms with Gasteiger partial charge in [0.15, 0.2) is 0 Å². The molecule has 106 valence electrons. The van der Waals surface area contributed by atoms with Crippen molar-refractivity contribution in [1.82, 2.24) is 15.1 Å². The second-order valence-corrected chi connectivity index (χ2v) is 6.25. The Morgan fingerprint density at radius 2 is 1.89 bits per heavy atom. The lowest BCUT2D eigenvalue weighted by Crippen LogP contribution is -2.58. The van der Waals surface area contributed by atoms with Crippen molar-refractivity contribution in [3.63, 3.8) is 0 Å². The van der Waals surface area contributed by atoms with E-state index in [0.717, 1.165) is 13.0 Å². The molecule has 3 nitrogen and oxygen atoms in total. The SMILES string of the molecule is C=CCCC(C)NCC(C)(C)N1CCN(C)CC1. The molecule has 1 heterocycles. The summed E-state index contributed by atoms with van der Waals surface area (Å²) < 4.78 is 0. The summed E-state index contributed by atoms with van der Waals surface area (Å²) in [5, 5.41) is 3.66. The van der Waals surface area contributed by atoms with Gasteiger partial charge in [-0.1, -0.05) is 6.08 Å². The summed E-state index contributed by atoms with van der Waals surface area (Å²) in [5.41, 5.74) is 0.254. The zero-order valence-electron chi connectivity index (χ0n) is 12.7. The average molecular weight is 253 g/mol. The summed E-state index contributed by atoms with van der Waals surface area (Å²) in [4.78, 5) is 5.02. The topological polar surface area (TPSA) is 18.5 Å². The van der Waals surface area contributed by atoms with Crippen LogP contribution in [0.2, 0.25) is 0 Å². The van der Waals surface area contributed by atoms with Crippen LogP contribution in [0, 0.1) is 0 Å². The Morgan fingerprint density at radius 3 is 2.44 bits per heavy atom. The number of nitrogens with one attached hydrogen (secondary N) is 1. The molecule has 0 amide bonds. The molecule has 0 aromatic carbocycles. The highest BCUT2D eigenvalue weighted by Gasteiger charge is 2.28.